The number of halogens is 1. The summed E-state index contributed by atoms with van der Waals surface area (Å²) in [4.78, 5) is 14.8. The lowest BCUT2D eigenvalue weighted by Crippen LogP contribution is -2.14. The Labute approximate surface area is 101 Å². The van der Waals surface area contributed by atoms with E-state index in [-0.39, 0.29) is 10.9 Å². The van der Waals surface area contributed by atoms with E-state index in [0.29, 0.717) is 0 Å². The van der Waals surface area contributed by atoms with Gasteiger partial charge in [-0.25, -0.2) is 9.67 Å². The number of rotatable bonds is 4. The first-order chi connectivity index (χ1) is 7.83. The van der Waals surface area contributed by atoms with Gasteiger partial charge in [-0.05, 0) is 5.56 Å². The summed E-state index contributed by atoms with van der Waals surface area (Å²) < 4.78 is 1.62. The fraction of sp³-hybridized carbons (Fsp3) is 0.182. The third-order valence-electron chi connectivity index (χ3n) is 2.32. The van der Waals surface area contributed by atoms with Crippen LogP contribution in [0.1, 0.15) is 16.4 Å². The second kappa shape index (κ2) is 5.03. The third kappa shape index (κ3) is 2.19. The zero-order chi connectivity index (χ0) is 11.4. The average Bonchev–Trinajstić information content (AvgIpc) is 2.85. The summed E-state index contributed by atoms with van der Waals surface area (Å²) in [6.45, 7) is 0. The molecule has 0 spiro atoms. The zero-order valence-electron chi connectivity index (χ0n) is 8.40. The number of carbonyl (C=O) groups is 1. The molecule has 0 aliphatic rings. The normalized spacial score (nSPS) is 14.3. The number of benzene rings is 1. The minimum Gasteiger partial charge on any atom is -0.303 e. The number of nitrogens with zero attached hydrogens (tertiary/aromatic N) is 3. The molecule has 0 fully saturated rings. The molecule has 1 heterocycles. The molecule has 82 valence electrons. The maximum atomic E-state index is 11.2. The molecule has 0 radical (unpaired) electrons. The third-order valence-corrected chi connectivity index (χ3v) is 3.31. The molecule has 5 heteroatoms. The van der Waals surface area contributed by atoms with Gasteiger partial charge >= 0.3 is 0 Å². The lowest BCUT2D eigenvalue weighted by molar-refractivity contribution is -0.109. The zero-order valence-corrected chi connectivity index (χ0v) is 9.99. The van der Waals surface area contributed by atoms with Crippen LogP contribution >= 0.6 is 15.9 Å². The van der Waals surface area contributed by atoms with Crippen molar-refractivity contribution in [1.82, 2.24) is 14.8 Å². The highest BCUT2D eigenvalue weighted by atomic mass is 79.9. The molecule has 0 N–H and O–H groups in total. The van der Waals surface area contributed by atoms with Crippen LogP contribution in [0.4, 0.5) is 0 Å². The molecule has 2 unspecified atom stereocenters. The van der Waals surface area contributed by atoms with Crippen molar-refractivity contribution in [3.63, 3.8) is 0 Å². The van der Waals surface area contributed by atoms with E-state index in [1.165, 1.54) is 6.33 Å². The first kappa shape index (κ1) is 11.0. The van der Waals surface area contributed by atoms with Crippen molar-refractivity contribution < 1.29 is 4.79 Å². The maximum absolute atomic E-state index is 11.2. The molecular formula is C11H10BrN3O. The standard InChI is InChI=1S/C11H10BrN3O/c12-11(15-8-13-7-14-15)10(6-16)9-4-2-1-3-5-9/h1-8,10-11H. The van der Waals surface area contributed by atoms with Crippen molar-refractivity contribution in [3.05, 3.63) is 48.5 Å². The van der Waals surface area contributed by atoms with Gasteiger partial charge in [-0.1, -0.05) is 46.3 Å². The summed E-state index contributed by atoms with van der Waals surface area (Å²) in [5, 5.41) is 4.01. The van der Waals surface area contributed by atoms with E-state index in [9.17, 15) is 4.79 Å². The Hall–Kier alpha value is -1.49. The molecule has 2 aromatic rings. The molecule has 2 rings (SSSR count). The van der Waals surface area contributed by atoms with Crippen LogP contribution in [0.15, 0.2) is 43.0 Å². The van der Waals surface area contributed by atoms with E-state index < -0.39 is 0 Å². The van der Waals surface area contributed by atoms with E-state index in [1.54, 1.807) is 11.0 Å². The van der Waals surface area contributed by atoms with Gasteiger partial charge in [-0.3, -0.25) is 0 Å². The van der Waals surface area contributed by atoms with Gasteiger partial charge in [0.2, 0.25) is 0 Å². The quantitative estimate of drug-likeness (QED) is 0.637. The van der Waals surface area contributed by atoms with Crippen LogP contribution in [0, 0.1) is 0 Å². The molecule has 1 aromatic heterocycles. The highest BCUT2D eigenvalue weighted by Gasteiger charge is 2.22. The fourth-order valence-corrected chi connectivity index (χ4v) is 2.13. The molecule has 0 amide bonds. The number of hydrogen-bond acceptors (Lipinski definition) is 3. The SMILES string of the molecule is O=CC(c1ccccc1)C(Br)n1cncn1. The predicted molar refractivity (Wildman–Crippen MR) is 63.2 cm³/mol. The molecule has 0 saturated carbocycles. The van der Waals surface area contributed by atoms with Crippen molar-refractivity contribution in [2.75, 3.05) is 0 Å². The van der Waals surface area contributed by atoms with Gasteiger partial charge in [-0.2, -0.15) is 5.10 Å². The molecule has 1 aromatic carbocycles. The Morgan fingerprint density at radius 2 is 2.06 bits per heavy atom. The van der Waals surface area contributed by atoms with Gasteiger partial charge < -0.3 is 4.79 Å². The fourth-order valence-electron chi connectivity index (χ4n) is 1.49. The highest BCUT2D eigenvalue weighted by Crippen LogP contribution is 2.30. The number of aromatic nitrogens is 3. The van der Waals surface area contributed by atoms with Crippen molar-refractivity contribution in [2.24, 2.45) is 0 Å². The molecule has 0 aliphatic carbocycles. The van der Waals surface area contributed by atoms with E-state index in [4.69, 9.17) is 0 Å². The first-order valence-corrected chi connectivity index (χ1v) is 5.73. The van der Waals surface area contributed by atoms with Crippen LogP contribution in [0.5, 0.6) is 0 Å². The predicted octanol–water partition coefficient (Wildman–Crippen LogP) is 2.15. The Morgan fingerprint density at radius 1 is 1.31 bits per heavy atom. The Morgan fingerprint density at radius 3 is 2.62 bits per heavy atom. The Bertz CT molecular complexity index is 444. The average molecular weight is 280 g/mol. The number of carbonyl (C=O) groups excluding carboxylic acids is 1. The second-order valence-corrected chi connectivity index (χ2v) is 4.26. The number of aldehydes is 1. The minimum atomic E-state index is -0.275. The smallest absolute Gasteiger partial charge is 0.137 e. The van der Waals surface area contributed by atoms with Crippen LogP contribution in [0.25, 0.3) is 0 Å². The summed E-state index contributed by atoms with van der Waals surface area (Å²) >= 11 is 3.46. The lowest BCUT2D eigenvalue weighted by Gasteiger charge is -2.17. The summed E-state index contributed by atoms with van der Waals surface area (Å²) in [6, 6.07) is 9.58. The minimum absolute atomic E-state index is 0.213. The summed E-state index contributed by atoms with van der Waals surface area (Å²) in [5.41, 5.74) is 0.954. The molecule has 0 saturated heterocycles. The highest BCUT2D eigenvalue weighted by molar-refractivity contribution is 9.09. The molecule has 16 heavy (non-hydrogen) atoms. The van der Waals surface area contributed by atoms with E-state index >= 15 is 0 Å². The molecular weight excluding hydrogens is 270 g/mol. The van der Waals surface area contributed by atoms with E-state index in [2.05, 4.69) is 26.0 Å². The molecule has 4 nitrogen and oxygen atoms in total. The topological polar surface area (TPSA) is 47.8 Å². The van der Waals surface area contributed by atoms with Gasteiger partial charge in [0.15, 0.2) is 0 Å². The Balaban J connectivity index is 2.27. The summed E-state index contributed by atoms with van der Waals surface area (Å²) in [7, 11) is 0. The second-order valence-electron chi connectivity index (χ2n) is 3.32. The monoisotopic (exact) mass is 279 g/mol. The van der Waals surface area contributed by atoms with E-state index in [1.807, 2.05) is 30.3 Å². The van der Waals surface area contributed by atoms with Crippen molar-refractivity contribution in [1.29, 1.82) is 0 Å². The number of alkyl halides is 1. The van der Waals surface area contributed by atoms with Gasteiger partial charge in [0.25, 0.3) is 0 Å². The number of hydrogen-bond donors (Lipinski definition) is 0. The van der Waals surface area contributed by atoms with Crippen LogP contribution in [-0.4, -0.2) is 21.1 Å². The van der Waals surface area contributed by atoms with Crippen LogP contribution in [0.3, 0.4) is 0 Å². The van der Waals surface area contributed by atoms with Crippen molar-refractivity contribution in [3.8, 4) is 0 Å². The van der Waals surface area contributed by atoms with Crippen LogP contribution < -0.4 is 0 Å². The van der Waals surface area contributed by atoms with Crippen molar-refractivity contribution >= 4 is 22.2 Å². The summed E-state index contributed by atoms with van der Waals surface area (Å²) in [5.74, 6) is -0.275. The van der Waals surface area contributed by atoms with Crippen LogP contribution in [-0.2, 0) is 4.79 Å². The lowest BCUT2D eigenvalue weighted by atomic mass is 10.0. The van der Waals surface area contributed by atoms with Crippen molar-refractivity contribution in [2.45, 2.75) is 10.9 Å². The Kier molecular flexibility index (Phi) is 3.46. The van der Waals surface area contributed by atoms with Gasteiger partial charge in [-0.15, -0.1) is 0 Å². The van der Waals surface area contributed by atoms with Crippen LogP contribution in [0.2, 0.25) is 0 Å². The maximum Gasteiger partial charge on any atom is 0.137 e. The van der Waals surface area contributed by atoms with Gasteiger partial charge in [0.05, 0.1) is 5.92 Å². The first-order valence-electron chi connectivity index (χ1n) is 4.81. The molecule has 0 aliphatic heterocycles. The van der Waals surface area contributed by atoms with Gasteiger partial charge in [0.1, 0.15) is 23.9 Å². The largest absolute Gasteiger partial charge is 0.303 e. The van der Waals surface area contributed by atoms with Gasteiger partial charge in [0, 0.05) is 0 Å². The summed E-state index contributed by atoms with van der Waals surface area (Å²) in [6.07, 6.45) is 3.94. The molecule has 2 atom stereocenters. The van der Waals surface area contributed by atoms with E-state index in [0.717, 1.165) is 11.8 Å². The molecule has 0 bridgehead atoms.